The van der Waals surface area contributed by atoms with Crippen LogP contribution in [0.2, 0.25) is 6.32 Å². The Morgan fingerprint density at radius 1 is 1.42 bits per heavy atom. The SMILES string of the molecule is C[C@@]1(N)C[C@H]1NS(=O)(=O)N1C[C@H](CCCB(O)O)[C@](N)(C(=O)O)C1. The predicted molar refractivity (Wildman–Crippen MR) is 86.9 cm³/mol. The average molecular weight is 364 g/mol. The molecule has 24 heavy (non-hydrogen) atoms. The molecular formula is C12H25BN4O6S. The zero-order valence-electron chi connectivity index (χ0n) is 13.6. The molecule has 2 fully saturated rings. The molecule has 0 amide bonds. The number of carboxylic acids is 1. The second-order valence-electron chi connectivity index (χ2n) is 7.13. The van der Waals surface area contributed by atoms with Gasteiger partial charge in [-0.1, -0.05) is 6.42 Å². The lowest BCUT2D eigenvalue weighted by atomic mass is 9.78. The van der Waals surface area contributed by atoms with Gasteiger partial charge >= 0.3 is 13.1 Å². The minimum absolute atomic E-state index is 0.0341. The highest BCUT2D eigenvalue weighted by Crippen LogP contribution is 2.35. The third-order valence-electron chi connectivity index (χ3n) is 4.91. The van der Waals surface area contributed by atoms with Crippen molar-refractivity contribution in [1.82, 2.24) is 9.03 Å². The number of hydrogen-bond donors (Lipinski definition) is 6. The van der Waals surface area contributed by atoms with E-state index in [4.69, 9.17) is 21.5 Å². The van der Waals surface area contributed by atoms with Crippen LogP contribution in [0.25, 0.3) is 0 Å². The van der Waals surface area contributed by atoms with Crippen LogP contribution < -0.4 is 16.2 Å². The van der Waals surface area contributed by atoms with E-state index in [0.29, 0.717) is 12.8 Å². The highest BCUT2D eigenvalue weighted by molar-refractivity contribution is 7.87. The molecule has 0 aromatic heterocycles. The number of carbonyl (C=O) groups is 1. The van der Waals surface area contributed by atoms with E-state index in [9.17, 15) is 18.3 Å². The van der Waals surface area contributed by atoms with Gasteiger partial charge in [0.2, 0.25) is 0 Å². The standard InChI is InChI=1S/C12H25BN4O6S/c1-11(14)5-9(11)16-24(22,23)17-6-8(3-2-4-13(20)21)12(15,7-17)10(18)19/h8-9,16,20-21H,2-7,14-15H2,1H3,(H,18,19)/t8-,9+,11+,12-/m0/s1. The molecule has 1 aliphatic carbocycles. The van der Waals surface area contributed by atoms with Gasteiger partial charge in [0.15, 0.2) is 0 Å². The summed E-state index contributed by atoms with van der Waals surface area (Å²) in [6.07, 6.45) is 1.21. The van der Waals surface area contributed by atoms with E-state index in [1.165, 1.54) is 0 Å². The molecule has 0 bridgehead atoms. The molecule has 1 heterocycles. The van der Waals surface area contributed by atoms with Crippen molar-refractivity contribution in [2.45, 2.75) is 49.6 Å². The number of nitrogens with two attached hydrogens (primary N) is 2. The second kappa shape index (κ2) is 6.52. The molecular weight excluding hydrogens is 339 g/mol. The van der Waals surface area contributed by atoms with E-state index in [-0.39, 0.29) is 31.9 Å². The smallest absolute Gasteiger partial charge is 0.451 e. The molecule has 1 saturated carbocycles. The number of aliphatic carboxylic acids is 1. The molecule has 138 valence electrons. The first-order chi connectivity index (χ1) is 10.9. The van der Waals surface area contributed by atoms with Crippen molar-refractivity contribution >= 4 is 23.3 Å². The summed E-state index contributed by atoms with van der Waals surface area (Å²) in [5.41, 5.74) is 9.50. The van der Waals surface area contributed by atoms with E-state index >= 15 is 0 Å². The monoisotopic (exact) mass is 364 g/mol. The highest BCUT2D eigenvalue weighted by atomic mass is 32.2. The Bertz CT molecular complexity index is 600. The molecule has 0 aromatic rings. The Kier molecular flexibility index (Phi) is 5.32. The van der Waals surface area contributed by atoms with Crippen molar-refractivity contribution in [3.8, 4) is 0 Å². The summed E-state index contributed by atoms with van der Waals surface area (Å²) < 4.78 is 28.4. The summed E-state index contributed by atoms with van der Waals surface area (Å²) in [5, 5.41) is 27.2. The predicted octanol–water partition coefficient (Wildman–Crippen LogP) is -2.72. The summed E-state index contributed by atoms with van der Waals surface area (Å²) in [7, 11) is -5.37. The fourth-order valence-electron chi connectivity index (χ4n) is 3.03. The summed E-state index contributed by atoms with van der Waals surface area (Å²) in [6, 6.07) is -0.372. The second-order valence-corrected chi connectivity index (χ2v) is 8.83. The third-order valence-corrected chi connectivity index (χ3v) is 6.45. The number of nitrogens with one attached hydrogen (secondary N) is 1. The van der Waals surface area contributed by atoms with Gasteiger partial charge < -0.3 is 26.6 Å². The van der Waals surface area contributed by atoms with Gasteiger partial charge in [0, 0.05) is 30.6 Å². The van der Waals surface area contributed by atoms with Crippen LogP contribution in [0.15, 0.2) is 0 Å². The molecule has 2 aliphatic rings. The third kappa shape index (κ3) is 4.07. The first-order valence-corrected chi connectivity index (χ1v) is 9.27. The van der Waals surface area contributed by atoms with Crippen molar-refractivity contribution in [1.29, 1.82) is 0 Å². The van der Waals surface area contributed by atoms with Crippen LogP contribution in [0, 0.1) is 5.92 Å². The van der Waals surface area contributed by atoms with Crippen LogP contribution in [0.3, 0.4) is 0 Å². The molecule has 4 atom stereocenters. The van der Waals surface area contributed by atoms with Gasteiger partial charge in [-0.05, 0) is 26.1 Å². The Hall–Kier alpha value is -0.755. The van der Waals surface area contributed by atoms with Gasteiger partial charge in [-0.25, -0.2) is 0 Å². The van der Waals surface area contributed by atoms with Crippen LogP contribution >= 0.6 is 0 Å². The van der Waals surface area contributed by atoms with E-state index in [1.807, 2.05) is 0 Å². The van der Waals surface area contributed by atoms with E-state index in [1.54, 1.807) is 6.92 Å². The first kappa shape index (κ1) is 19.6. The molecule has 12 heteroatoms. The van der Waals surface area contributed by atoms with Gasteiger partial charge in [-0.15, -0.1) is 0 Å². The quantitative estimate of drug-likeness (QED) is 0.251. The lowest BCUT2D eigenvalue weighted by molar-refractivity contribution is -0.144. The van der Waals surface area contributed by atoms with Crippen molar-refractivity contribution in [3.05, 3.63) is 0 Å². The maximum atomic E-state index is 12.4. The minimum Gasteiger partial charge on any atom is -0.480 e. The van der Waals surface area contributed by atoms with Gasteiger partial charge in [-0.3, -0.25) is 4.79 Å². The lowest BCUT2D eigenvalue weighted by Gasteiger charge is -2.25. The number of rotatable bonds is 8. The zero-order chi connectivity index (χ0) is 18.3. The average Bonchev–Trinajstić information content (AvgIpc) is 2.85. The van der Waals surface area contributed by atoms with Gasteiger partial charge in [0.25, 0.3) is 10.2 Å². The topological polar surface area (TPSA) is 179 Å². The molecule has 0 aromatic carbocycles. The van der Waals surface area contributed by atoms with Crippen molar-refractivity contribution in [2.24, 2.45) is 17.4 Å². The molecule has 0 unspecified atom stereocenters. The molecule has 8 N–H and O–H groups in total. The summed E-state index contributed by atoms with van der Waals surface area (Å²) in [5.74, 6) is -1.89. The molecule has 1 aliphatic heterocycles. The molecule has 0 spiro atoms. The van der Waals surface area contributed by atoms with Crippen molar-refractivity contribution in [2.75, 3.05) is 13.1 Å². The van der Waals surface area contributed by atoms with E-state index in [0.717, 1.165) is 4.31 Å². The highest BCUT2D eigenvalue weighted by Gasteiger charge is 2.55. The molecule has 1 saturated heterocycles. The van der Waals surface area contributed by atoms with Crippen LogP contribution in [0.5, 0.6) is 0 Å². The number of hydrogen-bond acceptors (Lipinski definition) is 7. The first-order valence-electron chi connectivity index (χ1n) is 7.83. The molecule has 0 radical (unpaired) electrons. The summed E-state index contributed by atoms with van der Waals surface area (Å²) >= 11 is 0. The largest absolute Gasteiger partial charge is 0.480 e. The minimum atomic E-state index is -3.89. The Morgan fingerprint density at radius 2 is 2.00 bits per heavy atom. The number of nitrogens with zero attached hydrogens (tertiary/aromatic N) is 1. The van der Waals surface area contributed by atoms with Crippen LogP contribution in [0.1, 0.15) is 26.2 Å². The van der Waals surface area contributed by atoms with Crippen LogP contribution in [-0.2, 0) is 15.0 Å². The van der Waals surface area contributed by atoms with Crippen LogP contribution in [-0.4, -0.2) is 71.2 Å². The van der Waals surface area contributed by atoms with E-state index in [2.05, 4.69) is 4.72 Å². The maximum Gasteiger partial charge on any atom is 0.451 e. The fourth-order valence-corrected chi connectivity index (χ4v) is 4.65. The van der Waals surface area contributed by atoms with Gasteiger partial charge in [0.1, 0.15) is 5.54 Å². The molecule has 10 nitrogen and oxygen atoms in total. The van der Waals surface area contributed by atoms with Crippen molar-refractivity contribution in [3.63, 3.8) is 0 Å². The maximum absolute atomic E-state index is 12.4. The number of carboxylic acid groups (broad SMARTS) is 1. The van der Waals surface area contributed by atoms with Crippen molar-refractivity contribution < 1.29 is 28.4 Å². The van der Waals surface area contributed by atoms with Crippen LogP contribution in [0.4, 0.5) is 0 Å². The van der Waals surface area contributed by atoms with Gasteiger partial charge in [0.05, 0.1) is 0 Å². The van der Waals surface area contributed by atoms with E-state index < -0.39 is 40.3 Å². The summed E-state index contributed by atoms with van der Waals surface area (Å²) in [6.45, 7) is 1.36. The fraction of sp³-hybridized carbons (Fsp3) is 0.917. The normalized spacial score (nSPS) is 36.7. The Balaban J connectivity index is 2.06. The Labute approximate surface area is 141 Å². The molecule has 2 rings (SSSR count). The van der Waals surface area contributed by atoms with Gasteiger partial charge in [-0.2, -0.15) is 17.4 Å². The Morgan fingerprint density at radius 3 is 2.46 bits per heavy atom. The summed E-state index contributed by atoms with van der Waals surface area (Å²) in [4.78, 5) is 11.6. The lowest BCUT2D eigenvalue weighted by Crippen LogP contribution is -2.55. The zero-order valence-corrected chi connectivity index (χ0v) is 14.4.